The lowest BCUT2D eigenvalue weighted by molar-refractivity contribution is 0.102. The first-order valence-electron chi connectivity index (χ1n) is 11.4. The van der Waals surface area contributed by atoms with Crippen molar-refractivity contribution in [1.82, 2.24) is 4.31 Å². The van der Waals surface area contributed by atoms with Crippen LogP contribution >= 0.6 is 11.6 Å². The van der Waals surface area contributed by atoms with E-state index in [9.17, 15) is 17.6 Å². The minimum atomic E-state index is -3.96. The number of hydrogen-bond donors (Lipinski definition) is 1. The number of amides is 1. The van der Waals surface area contributed by atoms with Crippen molar-refractivity contribution in [2.75, 3.05) is 37.0 Å². The lowest BCUT2D eigenvalue weighted by atomic mass is 10.1. The molecule has 0 saturated carbocycles. The number of nitrogens with zero attached hydrogens (tertiary/aromatic N) is 2. The molecule has 1 amide bonds. The van der Waals surface area contributed by atoms with E-state index in [1.807, 2.05) is 32.0 Å². The van der Waals surface area contributed by atoms with Crippen LogP contribution in [0.1, 0.15) is 22.8 Å². The Hall–Kier alpha value is -3.14. The molecule has 1 atom stereocenters. The van der Waals surface area contributed by atoms with Crippen molar-refractivity contribution < 1.29 is 22.3 Å². The van der Waals surface area contributed by atoms with Crippen molar-refractivity contribution in [3.8, 4) is 5.75 Å². The summed E-state index contributed by atoms with van der Waals surface area (Å²) in [6.07, 6.45) is 0. The number of rotatable bonds is 6. The van der Waals surface area contributed by atoms with E-state index in [2.05, 4.69) is 16.3 Å². The molecule has 0 aliphatic carbocycles. The number of hydrogen-bond acceptors (Lipinski definition) is 5. The van der Waals surface area contributed by atoms with Gasteiger partial charge in [-0.1, -0.05) is 23.7 Å². The highest BCUT2D eigenvalue weighted by Gasteiger charge is 2.33. The average Bonchev–Trinajstić information content (AvgIpc) is 2.84. The predicted molar refractivity (Wildman–Crippen MR) is 139 cm³/mol. The predicted octanol–water partition coefficient (Wildman–Crippen LogP) is 4.95. The Bertz CT molecular complexity index is 1400. The first-order chi connectivity index (χ1) is 17.1. The van der Waals surface area contributed by atoms with Gasteiger partial charge in [0, 0.05) is 36.4 Å². The summed E-state index contributed by atoms with van der Waals surface area (Å²) in [5.41, 5.74) is 2.01. The summed E-state index contributed by atoms with van der Waals surface area (Å²) in [6.45, 7) is 5.01. The number of nitrogens with one attached hydrogen (secondary N) is 1. The molecule has 0 radical (unpaired) electrons. The van der Waals surface area contributed by atoms with E-state index in [1.54, 1.807) is 12.1 Å². The van der Waals surface area contributed by atoms with Gasteiger partial charge in [-0.25, -0.2) is 12.8 Å². The van der Waals surface area contributed by atoms with Crippen molar-refractivity contribution in [1.29, 1.82) is 0 Å². The molecule has 0 bridgehead atoms. The standard InChI is InChI=1S/C26H27ClFN3O4S/c1-17-5-4-6-20(13-17)31-12-11-30(16-18(31)2)36(33,34)21-8-9-23(28)22(15-21)26(32)29-24-14-19(27)7-10-25(24)35-3/h4-10,13-15,18H,11-12,16H2,1-3H3,(H,29,32)/t18-/m0/s1. The Morgan fingerprint density at radius 2 is 1.89 bits per heavy atom. The molecule has 190 valence electrons. The van der Waals surface area contributed by atoms with Crippen LogP contribution in [0.2, 0.25) is 5.02 Å². The van der Waals surface area contributed by atoms with Gasteiger partial charge in [0.15, 0.2) is 0 Å². The number of aryl methyl sites for hydroxylation is 1. The highest BCUT2D eigenvalue weighted by molar-refractivity contribution is 7.89. The van der Waals surface area contributed by atoms with Crippen molar-refractivity contribution >= 4 is 38.9 Å². The molecule has 36 heavy (non-hydrogen) atoms. The molecule has 1 saturated heterocycles. The average molecular weight is 532 g/mol. The third-order valence-electron chi connectivity index (χ3n) is 6.15. The normalized spacial score (nSPS) is 16.6. The number of carbonyl (C=O) groups excluding carboxylic acids is 1. The maximum absolute atomic E-state index is 14.6. The second-order valence-corrected chi connectivity index (χ2v) is 11.1. The van der Waals surface area contributed by atoms with Crippen LogP contribution in [0.25, 0.3) is 0 Å². The smallest absolute Gasteiger partial charge is 0.258 e. The lowest BCUT2D eigenvalue weighted by Crippen LogP contribution is -2.53. The van der Waals surface area contributed by atoms with Gasteiger partial charge in [-0.2, -0.15) is 4.31 Å². The van der Waals surface area contributed by atoms with E-state index in [-0.39, 0.29) is 29.7 Å². The molecule has 7 nitrogen and oxygen atoms in total. The van der Waals surface area contributed by atoms with E-state index in [0.717, 1.165) is 23.4 Å². The van der Waals surface area contributed by atoms with Crippen LogP contribution in [0, 0.1) is 12.7 Å². The van der Waals surface area contributed by atoms with Crippen molar-refractivity contribution in [2.45, 2.75) is 24.8 Å². The summed E-state index contributed by atoms with van der Waals surface area (Å²) in [6, 6.07) is 15.8. The number of sulfonamides is 1. The van der Waals surface area contributed by atoms with Gasteiger partial charge in [-0.15, -0.1) is 0 Å². The van der Waals surface area contributed by atoms with Crippen LogP contribution in [0.4, 0.5) is 15.8 Å². The molecule has 1 fully saturated rings. The van der Waals surface area contributed by atoms with Gasteiger partial charge >= 0.3 is 0 Å². The zero-order valence-corrected chi connectivity index (χ0v) is 21.7. The second-order valence-electron chi connectivity index (χ2n) is 8.68. The largest absolute Gasteiger partial charge is 0.495 e. The van der Waals surface area contributed by atoms with Crippen LogP contribution in [0.15, 0.2) is 65.6 Å². The quantitative estimate of drug-likeness (QED) is 0.487. The van der Waals surface area contributed by atoms with Crippen LogP contribution in [0.5, 0.6) is 5.75 Å². The summed E-state index contributed by atoms with van der Waals surface area (Å²) < 4.78 is 48.1. The van der Waals surface area contributed by atoms with E-state index in [4.69, 9.17) is 16.3 Å². The Morgan fingerprint density at radius 1 is 1.11 bits per heavy atom. The minimum absolute atomic E-state index is 0.0752. The van der Waals surface area contributed by atoms with Gasteiger partial charge in [0.25, 0.3) is 5.91 Å². The maximum Gasteiger partial charge on any atom is 0.258 e. The third-order valence-corrected chi connectivity index (χ3v) is 8.25. The zero-order chi connectivity index (χ0) is 26.0. The number of halogens is 2. The van der Waals surface area contributed by atoms with E-state index in [1.165, 1.54) is 23.5 Å². The van der Waals surface area contributed by atoms with Gasteiger partial charge < -0.3 is 15.0 Å². The van der Waals surface area contributed by atoms with Crippen molar-refractivity contribution in [3.05, 3.63) is 82.6 Å². The number of methoxy groups -OCH3 is 1. The summed E-state index contributed by atoms with van der Waals surface area (Å²) in [5, 5.41) is 2.90. The van der Waals surface area contributed by atoms with Gasteiger partial charge in [0.1, 0.15) is 11.6 Å². The van der Waals surface area contributed by atoms with Gasteiger partial charge in [-0.05, 0) is 67.9 Å². The van der Waals surface area contributed by atoms with Gasteiger partial charge in [0.05, 0.1) is 23.3 Å². The number of anilines is 2. The highest BCUT2D eigenvalue weighted by Crippen LogP contribution is 2.29. The molecular weight excluding hydrogens is 505 g/mol. The van der Waals surface area contributed by atoms with Crippen LogP contribution in [-0.4, -0.2) is 51.4 Å². The van der Waals surface area contributed by atoms with Gasteiger partial charge in [0.2, 0.25) is 10.0 Å². The first-order valence-corrected chi connectivity index (χ1v) is 13.2. The molecule has 1 aliphatic heterocycles. The second kappa shape index (κ2) is 10.5. The lowest BCUT2D eigenvalue weighted by Gasteiger charge is -2.40. The van der Waals surface area contributed by atoms with Gasteiger partial charge in [-0.3, -0.25) is 4.79 Å². The van der Waals surface area contributed by atoms with Crippen molar-refractivity contribution in [2.24, 2.45) is 0 Å². The molecule has 3 aromatic carbocycles. The highest BCUT2D eigenvalue weighted by atomic mass is 35.5. The monoisotopic (exact) mass is 531 g/mol. The fourth-order valence-electron chi connectivity index (χ4n) is 4.29. The number of benzene rings is 3. The van der Waals surface area contributed by atoms with E-state index >= 15 is 0 Å². The maximum atomic E-state index is 14.6. The number of carbonyl (C=O) groups is 1. The van der Waals surface area contributed by atoms with Crippen LogP contribution in [0.3, 0.4) is 0 Å². The summed E-state index contributed by atoms with van der Waals surface area (Å²) in [5.74, 6) is -1.33. The molecular formula is C26H27ClFN3O4S. The summed E-state index contributed by atoms with van der Waals surface area (Å²) in [4.78, 5) is 14.9. The molecule has 1 aliphatic rings. The number of ether oxygens (including phenoxy) is 1. The van der Waals surface area contributed by atoms with E-state index in [0.29, 0.717) is 17.3 Å². The Labute approximate surface area is 215 Å². The third kappa shape index (κ3) is 5.33. The van der Waals surface area contributed by atoms with Crippen LogP contribution < -0.4 is 15.0 Å². The molecule has 10 heteroatoms. The number of piperazine rings is 1. The Kier molecular flexibility index (Phi) is 7.54. The van der Waals surface area contributed by atoms with Crippen LogP contribution in [-0.2, 0) is 10.0 Å². The zero-order valence-electron chi connectivity index (χ0n) is 20.2. The van der Waals surface area contributed by atoms with Crippen molar-refractivity contribution in [3.63, 3.8) is 0 Å². The fraction of sp³-hybridized carbons (Fsp3) is 0.269. The minimum Gasteiger partial charge on any atom is -0.495 e. The Morgan fingerprint density at radius 3 is 2.58 bits per heavy atom. The first kappa shape index (κ1) is 25.9. The SMILES string of the molecule is COc1ccc(Cl)cc1NC(=O)c1cc(S(=O)(=O)N2CCN(c3cccc(C)c3)[C@@H](C)C2)ccc1F. The van der Waals surface area contributed by atoms with E-state index < -0.39 is 27.3 Å². The molecule has 1 N–H and O–H groups in total. The molecule has 1 heterocycles. The fourth-order valence-corrected chi connectivity index (χ4v) is 6.00. The molecule has 3 aromatic rings. The molecule has 4 rings (SSSR count). The molecule has 0 spiro atoms. The summed E-state index contributed by atoms with van der Waals surface area (Å²) >= 11 is 6.01. The Balaban J connectivity index is 1.56. The summed E-state index contributed by atoms with van der Waals surface area (Å²) in [7, 11) is -2.54. The molecule has 0 unspecified atom stereocenters. The molecule has 0 aromatic heterocycles. The topological polar surface area (TPSA) is 78.9 Å².